The number of nitrogens with one attached hydrogen (secondary N) is 1. The van der Waals surface area contributed by atoms with Crippen LogP contribution < -0.4 is 5.32 Å². The van der Waals surface area contributed by atoms with Crippen molar-refractivity contribution in [1.82, 2.24) is 5.32 Å². The Morgan fingerprint density at radius 2 is 1.91 bits per heavy atom. The summed E-state index contributed by atoms with van der Waals surface area (Å²) in [4.78, 5) is 17.4. The Morgan fingerprint density at radius 1 is 1.18 bits per heavy atom. The lowest BCUT2D eigenvalue weighted by molar-refractivity contribution is -0.131. The maximum atomic E-state index is 12.1. The Labute approximate surface area is 133 Å². The van der Waals surface area contributed by atoms with Crippen molar-refractivity contribution in [3.8, 4) is 0 Å². The number of carbonyl (C=O) groups excluding carboxylic acids is 1. The van der Waals surface area contributed by atoms with E-state index in [9.17, 15) is 4.79 Å². The van der Waals surface area contributed by atoms with E-state index in [0.29, 0.717) is 18.0 Å². The highest BCUT2D eigenvalue weighted by Gasteiger charge is 2.28. The summed E-state index contributed by atoms with van der Waals surface area (Å²) in [5.74, 6) is -0.162. The van der Waals surface area contributed by atoms with Crippen LogP contribution in [0.1, 0.15) is 17.5 Å². The smallest absolute Gasteiger partial charge is 0.264 e. The highest BCUT2D eigenvalue weighted by atomic mass is 35.5. The molecule has 1 N–H and O–H groups in total. The van der Waals surface area contributed by atoms with Crippen molar-refractivity contribution in [2.24, 2.45) is 5.16 Å². The van der Waals surface area contributed by atoms with Crippen LogP contribution in [0, 0.1) is 0 Å². The van der Waals surface area contributed by atoms with Crippen LogP contribution in [-0.2, 0) is 16.2 Å². The van der Waals surface area contributed by atoms with Gasteiger partial charge in [0, 0.05) is 18.0 Å². The normalized spacial score (nSPS) is 16.8. The highest BCUT2D eigenvalue weighted by Crippen LogP contribution is 2.17. The Balaban J connectivity index is 1.53. The van der Waals surface area contributed by atoms with Crippen molar-refractivity contribution in [3.63, 3.8) is 0 Å². The van der Waals surface area contributed by atoms with Crippen LogP contribution >= 0.6 is 11.6 Å². The topological polar surface area (TPSA) is 50.7 Å². The van der Waals surface area contributed by atoms with E-state index in [2.05, 4.69) is 10.5 Å². The van der Waals surface area contributed by atoms with Crippen LogP contribution in [-0.4, -0.2) is 17.7 Å². The molecule has 22 heavy (non-hydrogen) atoms. The molecule has 112 valence electrons. The Kier molecular flexibility index (Phi) is 4.39. The van der Waals surface area contributed by atoms with Gasteiger partial charge in [-0.3, -0.25) is 4.79 Å². The van der Waals surface area contributed by atoms with Gasteiger partial charge in [-0.05, 0) is 23.3 Å². The zero-order chi connectivity index (χ0) is 15.4. The van der Waals surface area contributed by atoms with Gasteiger partial charge in [0.1, 0.15) is 0 Å². The molecule has 3 rings (SSSR count). The van der Waals surface area contributed by atoms with Crippen molar-refractivity contribution >= 4 is 23.2 Å². The molecule has 4 nitrogen and oxygen atoms in total. The standard InChI is InChI=1S/C17H15ClN2O2/c18-14-8-6-12(7-9-14)11-19-17(21)16-10-15(20-22-16)13-4-2-1-3-5-13/h1-9,16H,10-11H2,(H,19,21)/t16-/m0/s1. The number of oxime groups is 1. The van der Waals surface area contributed by atoms with Crippen molar-refractivity contribution in [2.45, 2.75) is 19.1 Å². The van der Waals surface area contributed by atoms with Gasteiger partial charge in [0.15, 0.2) is 0 Å². The number of carbonyl (C=O) groups is 1. The minimum Gasteiger partial charge on any atom is -0.382 e. The van der Waals surface area contributed by atoms with Gasteiger partial charge < -0.3 is 10.2 Å². The second kappa shape index (κ2) is 6.62. The zero-order valence-corrected chi connectivity index (χ0v) is 12.6. The van der Waals surface area contributed by atoms with Crippen molar-refractivity contribution < 1.29 is 9.63 Å². The average molecular weight is 315 g/mol. The van der Waals surface area contributed by atoms with Gasteiger partial charge in [-0.1, -0.05) is 59.2 Å². The third-order valence-corrected chi connectivity index (χ3v) is 3.70. The quantitative estimate of drug-likeness (QED) is 0.942. The fourth-order valence-corrected chi connectivity index (χ4v) is 2.35. The van der Waals surface area contributed by atoms with Gasteiger partial charge in [0.25, 0.3) is 5.91 Å². The molecule has 1 aliphatic heterocycles. The minimum atomic E-state index is -0.567. The average Bonchev–Trinajstić information content (AvgIpc) is 3.05. The second-order valence-electron chi connectivity index (χ2n) is 5.05. The number of hydrogen-bond acceptors (Lipinski definition) is 3. The number of halogens is 1. The van der Waals surface area contributed by atoms with E-state index >= 15 is 0 Å². The Hall–Kier alpha value is -2.33. The summed E-state index contributed by atoms with van der Waals surface area (Å²) in [6.07, 6.45) is -0.0845. The molecule has 0 fully saturated rings. The minimum absolute atomic E-state index is 0.162. The van der Waals surface area contributed by atoms with Gasteiger partial charge in [-0.15, -0.1) is 0 Å². The number of benzene rings is 2. The maximum absolute atomic E-state index is 12.1. The summed E-state index contributed by atoms with van der Waals surface area (Å²) >= 11 is 5.83. The molecule has 1 aliphatic rings. The summed E-state index contributed by atoms with van der Waals surface area (Å²) in [5.41, 5.74) is 2.77. The van der Waals surface area contributed by atoms with Gasteiger partial charge in [0.2, 0.25) is 6.10 Å². The molecule has 0 saturated carbocycles. The monoisotopic (exact) mass is 314 g/mol. The molecule has 0 spiro atoms. The highest BCUT2D eigenvalue weighted by molar-refractivity contribution is 6.30. The second-order valence-corrected chi connectivity index (χ2v) is 5.48. The Morgan fingerprint density at radius 3 is 2.64 bits per heavy atom. The van der Waals surface area contributed by atoms with Crippen molar-refractivity contribution in [3.05, 3.63) is 70.7 Å². The van der Waals surface area contributed by atoms with Gasteiger partial charge in [0.05, 0.1) is 5.71 Å². The van der Waals surface area contributed by atoms with Crippen LogP contribution in [0.25, 0.3) is 0 Å². The first-order valence-corrected chi connectivity index (χ1v) is 7.40. The molecule has 0 aliphatic carbocycles. The first-order chi connectivity index (χ1) is 10.7. The van der Waals surface area contributed by atoms with E-state index in [0.717, 1.165) is 16.8 Å². The molecule has 1 atom stereocenters. The molecule has 0 aromatic heterocycles. The van der Waals surface area contributed by atoms with Gasteiger partial charge in [-0.25, -0.2) is 0 Å². The van der Waals surface area contributed by atoms with Crippen LogP contribution in [0.5, 0.6) is 0 Å². The van der Waals surface area contributed by atoms with E-state index in [1.807, 2.05) is 42.5 Å². The number of hydrogen-bond donors (Lipinski definition) is 1. The van der Waals surface area contributed by atoms with Crippen LogP contribution in [0.4, 0.5) is 0 Å². The third-order valence-electron chi connectivity index (χ3n) is 3.45. The predicted molar refractivity (Wildman–Crippen MR) is 85.8 cm³/mol. The fraction of sp³-hybridized carbons (Fsp3) is 0.176. The first-order valence-electron chi connectivity index (χ1n) is 7.02. The summed E-state index contributed by atoms with van der Waals surface area (Å²) in [7, 11) is 0. The van der Waals surface area contributed by atoms with E-state index < -0.39 is 6.10 Å². The van der Waals surface area contributed by atoms with E-state index in [1.165, 1.54) is 0 Å². The molecule has 5 heteroatoms. The summed E-state index contributed by atoms with van der Waals surface area (Å²) in [6.45, 7) is 0.441. The fourth-order valence-electron chi connectivity index (χ4n) is 2.22. The molecule has 0 unspecified atom stereocenters. The summed E-state index contributed by atoms with van der Waals surface area (Å²) in [6, 6.07) is 17.1. The molecule has 2 aromatic rings. The lowest BCUT2D eigenvalue weighted by Crippen LogP contribution is -2.34. The van der Waals surface area contributed by atoms with E-state index in [1.54, 1.807) is 12.1 Å². The molecule has 0 radical (unpaired) electrons. The largest absolute Gasteiger partial charge is 0.382 e. The third kappa shape index (κ3) is 3.46. The maximum Gasteiger partial charge on any atom is 0.264 e. The van der Waals surface area contributed by atoms with Crippen LogP contribution in [0.15, 0.2) is 59.8 Å². The van der Waals surface area contributed by atoms with E-state index in [-0.39, 0.29) is 5.91 Å². The van der Waals surface area contributed by atoms with Crippen molar-refractivity contribution in [1.29, 1.82) is 0 Å². The van der Waals surface area contributed by atoms with Crippen molar-refractivity contribution in [2.75, 3.05) is 0 Å². The lowest BCUT2D eigenvalue weighted by atomic mass is 10.0. The molecule has 0 bridgehead atoms. The Bertz CT molecular complexity index is 684. The molecular weight excluding hydrogens is 300 g/mol. The van der Waals surface area contributed by atoms with Gasteiger partial charge >= 0.3 is 0 Å². The zero-order valence-electron chi connectivity index (χ0n) is 11.8. The summed E-state index contributed by atoms with van der Waals surface area (Å²) < 4.78 is 0. The van der Waals surface area contributed by atoms with E-state index in [4.69, 9.17) is 16.4 Å². The first kappa shape index (κ1) is 14.6. The van der Waals surface area contributed by atoms with Crippen LogP contribution in [0.3, 0.4) is 0 Å². The van der Waals surface area contributed by atoms with Gasteiger partial charge in [-0.2, -0.15) is 0 Å². The number of amides is 1. The molecule has 0 saturated heterocycles. The molecule has 1 amide bonds. The predicted octanol–water partition coefficient (Wildman–Crippen LogP) is 3.15. The summed E-state index contributed by atoms with van der Waals surface area (Å²) in [5, 5.41) is 7.54. The number of nitrogens with zero attached hydrogens (tertiary/aromatic N) is 1. The van der Waals surface area contributed by atoms with Crippen LogP contribution in [0.2, 0.25) is 5.02 Å². The lowest BCUT2D eigenvalue weighted by Gasteiger charge is -2.09. The SMILES string of the molecule is O=C(NCc1ccc(Cl)cc1)[C@@H]1CC(c2ccccc2)=NO1. The number of rotatable bonds is 4. The molecular formula is C17H15ClN2O2. The molecule has 2 aromatic carbocycles. The molecule has 1 heterocycles.